The average Bonchev–Trinajstić information content (AvgIpc) is 2.56. The molecule has 0 spiro atoms. The Morgan fingerprint density at radius 2 is 2.08 bits per heavy atom. The van der Waals surface area contributed by atoms with E-state index in [1.54, 1.807) is 18.2 Å². The third-order valence-corrected chi connectivity index (χ3v) is 5.72. The van der Waals surface area contributed by atoms with Gasteiger partial charge in [-0.25, -0.2) is 0 Å². The molecule has 0 fully saturated rings. The molecule has 5 nitrogen and oxygen atoms in total. The Hall–Kier alpha value is -1.99. The smallest absolute Gasteiger partial charge is 0.262 e. The molecule has 0 saturated heterocycles. The van der Waals surface area contributed by atoms with Gasteiger partial charge in [0.1, 0.15) is 5.75 Å². The number of hydrogen-bond acceptors (Lipinski definition) is 4. The van der Waals surface area contributed by atoms with E-state index in [0.717, 1.165) is 20.5 Å². The number of rotatable bonds is 4. The molecule has 7 heteroatoms. The minimum Gasteiger partial charge on any atom is -0.482 e. The maximum atomic E-state index is 12.2. The number of fused-ring (bicyclic) bond motifs is 1. The van der Waals surface area contributed by atoms with Crippen LogP contribution in [0.2, 0.25) is 0 Å². The second-order valence-electron chi connectivity index (χ2n) is 5.75. The molecule has 1 heterocycles. The summed E-state index contributed by atoms with van der Waals surface area (Å²) in [5, 5.41) is 5.57. The van der Waals surface area contributed by atoms with Crippen LogP contribution in [0.25, 0.3) is 0 Å². The second-order valence-corrected chi connectivity index (χ2v) is 7.62. The van der Waals surface area contributed by atoms with Crippen molar-refractivity contribution < 1.29 is 14.3 Å². The van der Waals surface area contributed by atoms with Crippen molar-refractivity contribution in [3.05, 3.63) is 45.9 Å². The molecule has 0 saturated carbocycles. The first-order valence-corrected chi connectivity index (χ1v) is 9.46. The molecular weight excluding hydrogens is 404 g/mol. The van der Waals surface area contributed by atoms with Crippen molar-refractivity contribution in [3.8, 4) is 5.75 Å². The first-order valence-electron chi connectivity index (χ1n) is 7.68. The maximum Gasteiger partial charge on any atom is 0.262 e. The summed E-state index contributed by atoms with van der Waals surface area (Å²) in [5.41, 5.74) is 3.46. The first kappa shape index (κ1) is 17.8. The lowest BCUT2D eigenvalue weighted by atomic mass is 10.2. The van der Waals surface area contributed by atoms with E-state index in [2.05, 4.69) is 38.7 Å². The molecule has 2 amide bonds. The molecule has 1 aliphatic heterocycles. The number of carbonyl (C=O) groups is 2. The van der Waals surface area contributed by atoms with Crippen LogP contribution >= 0.6 is 27.7 Å². The van der Waals surface area contributed by atoms with Gasteiger partial charge >= 0.3 is 0 Å². The lowest BCUT2D eigenvalue weighted by Crippen LogP contribution is -2.25. The van der Waals surface area contributed by atoms with Crippen LogP contribution < -0.4 is 15.4 Å². The molecule has 0 aliphatic carbocycles. The van der Waals surface area contributed by atoms with Gasteiger partial charge in [-0.3, -0.25) is 9.59 Å². The number of aryl methyl sites for hydroxylation is 2. The van der Waals surface area contributed by atoms with Gasteiger partial charge in [-0.2, -0.15) is 0 Å². The van der Waals surface area contributed by atoms with Gasteiger partial charge in [0.15, 0.2) is 6.61 Å². The number of nitrogens with one attached hydrogen (secondary N) is 2. The quantitative estimate of drug-likeness (QED) is 0.729. The summed E-state index contributed by atoms with van der Waals surface area (Å²) in [6.07, 6.45) is 0. The van der Waals surface area contributed by atoms with E-state index in [0.29, 0.717) is 22.9 Å². The van der Waals surface area contributed by atoms with Crippen molar-refractivity contribution in [2.75, 3.05) is 23.0 Å². The predicted octanol–water partition coefficient (Wildman–Crippen LogP) is 4.13. The van der Waals surface area contributed by atoms with Gasteiger partial charge in [0.25, 0.3) is 5.91 Å². The van der Waals surface area contributed by atoms with Gasteiger partial charge in [-0.05, 0) is 55.3 Å². The Morgan fingerprint density at radius 3 is 2.88 bits per heavy atom. The molecule has 2 aromatic carbocycles. The molecule has 0 aromatic heterocycles. The van der Waals surface area contributed by atoms with Gasteiger partial charge in [0.05, 0.1) is 11.4 Å². The van der Waals surface area contributed by atoms with Gasteiger partial charge < -0.3 is 15.4 Å². The molecule has 1 aliphatic rings. The summed E-state index contributed by atoms with van der Waals surface area (Å²) in [6, 6.07) is 9.32. The molecule has 0 atom stereocenters. The Bertz CT molecular complexity index is 854. The molecule has 0 bridgehead atoms. The van der Waals surface area contributed by atoms with E-state index < -0.39 is 0 Å². The Balaban J connectivity index is 1.62. The Kier molecular flexibility index (Phi) is 5.34. The van der Waals surface area contributed by atoms with Crippen molar-refractivity contribution >= 4 is 50.9 Å². The number of thioether (sulfide) groups is 1. The van der Waals surface area contributed by atoms with Crippen molar-refractivity contribution in [1.82, 2.24) is 0 Å². The Morgan fingerprint density at radius 1 is 1.28 bits per heavy atom. The van der Waals surface area contributed by atoms with Gasteiger partial charge in [0.2, 0.25) is 5.91 Å². The number of amides is 2. The monoisotopic (exact) mass is 420 g/mol. The number of anilines is 2. The zero-order chi connectivity index (χ0) is 18.0. The summed E-state index contributed by atoms with van der Waals surface area (Å²) < 4.78 is 6.37. The van der Waals surface area contributed by atoms with Crippen molar-refractivity contribution in [2.24, 2.45) is 0 Å². The second kappa shape index (κ2) is 7.49. The van der Waals surface area contributed by atoms with Crippen LogP contribution in [-0.2, 0) is 9.59 Å². The van der Waals surface area contributed by atoms with E-state index in [4.69, 9.17) is 4.74 Å². The van der Waals surface area contributed by atoms with Crippen LogP contribution in [0.5, 0.6) is 5.75 Å². The van der Waals surface area contributed by atoms with E-state index in [1.165, 1.54) is 11.8 Å². The lowest BCUT2D eigenvalue weighted by Gasteiger charge is -2.18. The van der Waals surface area contributed by atoms with Crippen molar-refractivity contribution in [1.29, 1.82) is 0 Å². The number of hydrogen-bond donors (Lipinski definition) is 2. The zero-order valence-corrected chi connectivity index (χ0v) is 16.2. The number of benzene rings is 2. The van der Waals surface area contributed by atoms with Crippen LogP contribution in [0, 0.1) is 13.8 Å². The Labute approximate surface area is 158 Å². The highest BCUT2D eigenvalue weighted by Crippen LogP contribution is 2.31. The highest BCUT2D eigenvalue weighted by atomic mass is 79.9. The van der Waals surface area contributed by atoms with Gasteiger partial charge in [-0.15, -0.1) is 11.8 Å². The maximum absolute atomic E-state index is 12.2. The first-order chi connectivity index (χ1) is 11.9. The third kappa shape index (κ3) is 4.35. The van der Waals surface area contributed by atoms with E-state index in [1.807, 2.05) is 13.8 Å². The van der Waals surface area contributed by atoms with Crippen molar-refractivity contribution in [3.63, 3.8) is 0 Å². The summed E-state index contributed by atoms with van der Waals surface area (Å²) in [5.74, 6) is 0.607. The van der Waals surface area contributed by atoms with Gasteiger partial charge in [-0.1, -0.05) is 15.9 Å². The topological polar surface area (TPSA) is 67.4 Å². The lowest BCUT2D eigenvalue weighted by molar-refractivity contribution is -0.118. The standard InChI is InChI=1S/C18H17BrN2O3S/c1-10-6-16(11(2)5-13(10)19)25-9-18(23)20-12-3-4-15-14(7-12)21-17(22)8-24-15/h3-7H,8-9H2,1-2H3,(H,20,23)(H,21,22). The SMILES string of the molecule is Cc1cc(SCC(=O)Nc2ccc3c(c2)NC(=O)CO3)c(C)cc1Br. The molecule has 2 N–H and O–H groups in total. The third-order valence-electron chi connectivity index (χ3n) is 3.71. The van der Waals surface area contributed by atoms with E-state index >= 15 is 0 Å². The highest BCUT2D eigenvalue weighted by molar-refractivity contribution is 9.10. The molecule has 0 unspecified atom stereocenters. The zero-order valence-electron chi connectivity index (χ0n) is 13.8. The van der Waals surface area contributed by atoms with Crippen LogP contribution in [0.1, 0.15) is 11.1 Å². The molecule has 0 radical (unpaired) electrons. The fraction of sp³-hybridized carbons (Fsp3) is 0.222. The van der Waals surface area contributed by atoms with E-state index in [9.17, 15) is 9.59 Å². The average molecular weight is 421 g/mol. The normalized spacial score (nSPS) is 12.8. The van der Waals surface area contributed by atoms with Crippen LogP contribution in [0.4, 0.5) is 11.4 Å². The largest absolute Gasteiger partial charge is 0.482 e. The fourth-order valence-electron chi connectivity index (χ4n) is 2.41. The fourth-order valence-corrected chi connectivity index (χ4v) is 3.77. The van der Waals surface area contributed by atoms with Gasteiger partial charge in [0, 0.05) is 15.1 Å². The minimum absolute atomic E-state index is 0.0152. The predicted molar refractivity (Wildman–Crippen MR) is 104 cm³/mol. The van der Waals surface area contributed by atoms with Crippen LogP contribution in [0.3, 0.4) is 0 Å². The molecule has 3 rings (SSSR count). The van der Waals surface area contributed by atoms with Crippen LogP contribution in [-0.4, -0.2) is 24.2 Å². The highest BCUT2D eigenvalue weighted by Gasteiger charge is 2.16. The minimum atomic E-state index is -0.201. The summed E-state index contributed by atoms with van der Waals surface area (Å²) in [7, 11) is 0. The van der Waals surface area contributed by atoms with Crippen LogP contribution in [0.15, 0.2) is 39.7 Å². The number of carbonyl (C=O) groups excluding carboxylic acids is 2. The van der Waals surface area contributed by atoms with Crippen molar-refractivity contribution in [2.45, 2.75) is 18.7 Å². The number of halogens is 1. The van der Waals surface area contributed by atoms with E-state index in [-0.39, 0.29) is 18.4 Å². The summed E-state index contributed by atoms with van der Waals surface area (Å²) in [4.78, 5) is 24.7. The molecule has 2 aromatic rings. The summed E-state index contributed by atoms with van der Waals surface area (Å²) >= 11 is 5.01. The number of ether oxygens (including phenoxy) is 1. The summed E-state index contributed by atoms with van der Waals surface area (Å²) in [6.45, 7) is 4.06. The molecular formula is C18H17BrN2O3S. The molecule has 130 valence electrons. The molecule has 25 heavy (non-hydrogen) atoms.